The number of alkyl carbamates (subject to hydrolysis) is 1. The number of nitrogens with two attached hydrogens (primary N) is 1. The third kappa shape index (κ3) is 6.46. The van der Waals surface area contributed by atoms with Gasteiger partial charge in [0.05, 0.1) is 14.2 Å². The fourth-order valence-corrected chi connectivity index (χ4v) is 3.41. The van der Waals surface area contributed by atoms with Crippen LogP contribution in [-0.4, -0.2) is 59.0 Å². The minimum atomic E-state index is -0.689. The van der Waals surface area contributed by atoms with Gasteiger partial charge >= 0.3 is 6.09 Å². The molecular weight excluding hydrogens is 466 g/mol. The van der Waals surface area contributed by atoms with Crippen molar-refractivity contribution in [1.82, 2.24) is 19.9 Å². The summed E-state index contributed by atoms with van der Waals surface area (Å²) in [6.45, 7) is 9.39. The van der Waals surface area contributed by atoms with Gasteiger partial charge in [0.25, 0.3) is 5.91 Å². The van der Waals surface area contributed by atoms with Crippen molar-refractivity contribution in [3.05, 3.63) is 35.5 Å². The largest absolute Gasteiger partial charge is 0.497 e. The van der Waals surface area contributed by atoms with Gasteiger partial charge in [0.15, 0.2) is 11.5 Å². The number of primary amides is 1. The fraction of sp³-hybridized carbons (Fsp3) is 0.417. The zero-order chi connectivity index (χ0) is 26.6. The van der Waals surface area contributed by atoms with E-state index in [0.717, 1.165) is 0 Å². The molecule has 1 atom stereocenters. The summed E-state index contributed by atoms with van der Waals surface area (Å²) in [7, 11) is 3.09. The van der Waals surface area contributed by atoms with E-state index in [1.807, 2.05) is 6.92 Å². The molecule has 0 spiro atoms. The number of nitrogens with one attached hydrogen (secondary N) is 3. The third-order valence-electron chi connectivity index (χ3n) is 4.93. The van der Waals surface area contributed by atoms with Gasteiger partial charge in [-0.1, -0.05) is 0 Å². The SMILES string of the molecule is COc1cc(Nc2nn3c(NC[C@H](C)NC(=O)OC(C)(C)C)cc(C)nc3c2C(N)=O)cc(OC)c1. The van der Waals surface area contributed by atoms with E-state index in [1.165, 1.54) is 4.52 Å². The van der Waals surface area contributed by atoms with E-state index in [1.54, 1.807) is 66.2 Å². The Hall–Kier alpha value is -4.22. The maximum atomic E-state index is 12.4. The van der Waals surface area contributed by atoms with Crippen molar-refractivity contribution in [3.63, 3.8) is 0 Å². The van der Waals surface area contributed by atoms with E-state index in [2.05, 4.69) is 26.0 Å². The summed E-state index contributed by atoms with van der Waals surface area (Å²) in [5.74, 6) is 1.22. The highest BCUT2D eigenvalue weighted by molar-refractivity contribution is 6.04. The summed E-state index contributed by atoms with van der Waals surface area (Å²) < 4.78 is 17.4. The smallest absolute Gasteiger partial charge is 0.407 e. The number of rotatable bonds is 9. The number of aromatic nitrogens is 3. The second-order valence-electron chi connectivity index (χ2n) is 9.26. The molecule has 0 radical (unpaired) electrons. The number of ether oxygens (including phenoxy) is 3. The number of aryl methyl sites for hydroxylation is 1. The van der Waals surface area contributed by atoms with Crippen molar-refractivity contribution in [2.45, 2.75) is 46.3 Å². The average Bonchev–Trinajstić information content (AvgIpc) is 3.13. The number of anilines is 3. The number of carbonyl (C=O) groups is 2. The minimum Gasteiger partial charge on any atom is -0.497 e. The summed E-state index contributed by atoms with van der Waals surface area (Å²) in [5.41, 5.74) is 6.77. The first-order valence-corrected chi connectivity index (χ1v) is 11.3. The number of hydrogen-bond acceptors (Lipinski definition) is 9. The molecule has 2 heterocycles. The van der Waals surface area contributed by atoms with Gasteiger partial charge in [0.1, 0.15) is 28.5 Å². The zero-order valence-electron chi connectivity index (χ0n) is 21.6. The molecule has 0 saturated carbocycles. The quantitative estimate of drug-likeness (QED) is 0.347. The Bertz CT molecular complexity index is 1240. The van der Waals surface area contributed by atoms with Crippen LogP contribution in [0.5, 0.6) is 11.5 Å². The van der Waals surface area contributed by atoms with Crippen LogP contribution in [0.25, 0.3) is 5.65 Å². The zero-order valence-corrected chi connectivity index (χ0v) is 21.6. The number of amides is 2. The summed E-state index contributed by atoms with van der Waals surface area (Å²) in [4.78, 5) is 29.0. The van der Waals surface area contributed by atoms with E-state index in [-0.39, 0.29) is 23.1 Å². The molecule has 3 aromatic rings. The summed E-state index contributed by atoms with van der Waals surface area (Å²) in [6.07, 6.45) is -0.511. The number of fused-ring (bicyclic) bond motifs is 1. The molecule has 12 heteroatoms. The molecule has 0 aliphatic heterocycles. The van der Waals surface area contributed by atoms with Crippen molar-refractivity contribution in [1.29, 1.82) is 0 Å². The lowest BCUT2D eigenvalue weighted by atomic mass is 10.2. The first kappa shape index (κ1) is 26.4. The van der Waals surface area contributed by atoms with Crippen molar-refractivity contribution in [3.8, 4) is 11.5 Å². The Morgan fingerprint density at radius 1 is 1.11 bits per heavy atom. The number of benzene rings is 1. The molecule has 5 N–H and O–H groups in total. The normalized spacial score (nSPS) is 12.1. The molecule has 0 bridgehead atoms. The third-order valence-corrected chi connectivity index (χ3v) is 4.93. The second-order valence-corrected chi connectivity index (χ2v) is 9.26. The Kier molecular flexibility index (Phi) is 7.76. The molecule has 2 aromatic heterocycles. The number of nitrogens with zero attached hydrogens (tertiary/aromatic N) is 3. The highest BCUT2D eigenvalue weighted by atomic mass is 16.6. The van der Waals surface area contributed by atoms with Crippen molar-refractivity contribution in [2.75, 3.05) is 31.4 Å². The van der Waals surface area contributed by atoms with Crippen LogP contribution < -0.4 is 31.2 Å². The lowest BCUT2D eigenvalue weighted by Gasteiger charge is -2.22. The summed E-state index contributed by atoms with van der Waals surface area (Å²) >= 11 is 0. The van der Waals surface area contributed by atoms with Crippen LogP contribution in [0, 0.1) is 6.92 Å². The molecule has 0 unspecified atom stereocenters. The lowest BCUT2D eigenvalue weighted by Crippen LogP contribution is -2.41. The van der Waals surface area contributed by atoms with Crippen LogP contribution in [0.4, 0.5) is 22.1 Å². The van der Waals surface area contributed by atoms with Crippen LogP contribution >= 0.6 is 0 Å². The maximum absolute atomic E-state index is 12.4. The molecule has 1 aromatic carbocycles. The Morgan fingerprint density at radius 3 is 2.31 bits per heavy atom. The topological polar surface area (TPSA) is 154 Å². The lowest BCUT2D eigenvalue weighted by molar-refractivity contribution is 0.0511. The van der Waals surface area contributed by atoms with Gasteiger partial charge in [0, 0.05) is 48.2 Å². The van der Waals surface area contributed by atoms with Gasteiger partial charge in [0.2, 0.25) is 0 Å². The van der Waals surface area contributed by atoms with Gasteiger partial charge in [-0.3, -0.25) is 4.79 Å². The molecule has 2 amide bonds. The average molecular weight is 500 g/mol. The fourth-order valence-electron chi connectivity index (χ4n) is 3.41. The number of hydrogen-bond donors (Lipinski definition) is 4. The van der Waals surface area contributed by atoms with E-state index in [4.69, 9.17) is 19.9 Å². The van der Waals surface area contributed by atoms with Gasteiger partial charge in [-0.15, -0.1) is 5.10 Å². The van der Waals surface area contributed by atoms with Crippen molar-refractivity contribution < 1.29 is 23.8 Å². The molecule has 12 nitrogen and oxygen atoms in total. The Morgan fingerprint density at radius 2 is 1.75 bits per heavy atom. The molecule has 0 saturated heterocycles. The van der Waals surface area contributed by atoms with E-state index in [9.17, 15) is 9.59 Å². The minimum absolute atomic E-state index is 0.128. The Balaban J connectivity index is 1.91. The van der Waals surface area contributed by atoms with Crippen molar-refractivity contribution in [2.24, 2.45) is 5.73 Å². The monoisotopic (exact) mass is 499 g/mol. The van der Waals surface area contributed by atoms with Gasteiger partial charge in [-0.05, 0) is 34.6 Å². The number of methoxy groups -OCH3 is 2. The number of carbonyl (C=O) groups excluding carboxylic acids is 2. The summed E-state index contributed by atoms with van der Waals surface area (Å²) in [6, 6.07) is 6.71. The predicted octanol–water partition coefficient (Wildman–Crippen LogP) is 3.22. The molecular formula is C24H33N7O5. The van der Waals surface area contributed by atoms with Crippen LogP contribution in [0.15, 0.2) is 24.3 Å². The van der Waals surface area contributed by atoms with Crippen LogP contribution in [0.3, 0.4) is 0 Å². The molecule has 0 fully saturated rings. The van der Waals surface area contributed by atoms with Gasteiger partial charge < -0.3 is 35.9 Å². The first-order chi connectivity index (χ1) is 16.9. The highest BCUT2D eigenvalue weighted by Gasteiger charge is 2.22. The summed E-state index contributed by atoms with van der Waals surface area (Å²) in [5, 5.41) is 13.7. The first-order valence-electron chi connectivity index (χ1n) is 11.3. The van der Waals surface area contributed by atoms with E-state index in [0.29, 0.717) is 35.2 Å². The van der Waals surface area contributed by atoms with Gasteiger partial charge in [-0.2, -0.15) is 4.52 Å². The van der Waals surface area contributed by atoms with Crippen molar-refractivity contribution >= 4 is 35.0 Å². The van der Waals surface area contributed by atoms with Crippen LogP contribution in [0.2, 0.25) is 0 Å². The molecule has 0 aliphatic carbocycles. The molecule has 0 aliphatic rings. The highest BCUT2D eigenvalue weighted by Crippen LogP contribution is 2.30. The van der Waals surface area contributed by atoms with E-state index >= 15 is 0 Å². The van der Waals surface area contributed by atoms with E-state index < -0.39 is 17.6 Å². The molecule has 3 rings (SSSR count). The Labute approximate surface area is 209 Å². The van der Waals surface area contributed by atoms with Crippen LogP contribution in [0.1, 0.15) is 43.7 Å². The van der Waals surface area contributed by atoms with Crippen LogP contribution in [-0.2, 0) is 4.74 Å². The standard InChI is InChI=1S/C24H33N7O5/c1-13-8-18(26-12-14(2)28-23(33)36-24(3,4)5)31-22(27-13)19(20(25)32)21(30-31)29-15-9-16(34-6)11-17(10-15)35-7/h8-11,14,26H,12H2,1-7H3,(H2,25,32)(H,28,33)(H,29,30)/t14-/m0/s1. The maximum Gasteiger partial charge on any atom is 0.407 e. The van der Waals surface area contributed by atoms with Gasteiger partial charge in [-0.25, -0.2) is 9.78 Å². The predicted molar refractivity (Wildman–Crippen MR) is 136 cm³/mol. The molecule has 194 valence electrons. The molecule has 36 heavy (non-hydrogen) atoms. The second kappa shape index (κ2) is 10.6.